The third kappa shape index (κ3) is 1.77. The first-order valence-corrected chi connectivity index (χ1v) is 3.25. The molecule has 0 aromatic carbocycles. The largest absolute Gasteiger partial charge is 0.345 e. The molecule has 0 spiro atoms. The van der Waals surface area contributed by atoms with E-state index in [1.807, 2.05) is 0 Å². The molecule has 3 heteroatoms. The van der Waals surface area contributed by atoms with Crippen LogP contribution < -0.4 is 0 Å². The van der Waals surface area contributed by atoms with Crippen molar-refractivity contribution in [3.8, 4) is 0 Å². The quantitative estimate of drug-likeness (QED) is 0.585. The van der Waals surface area contributed by atoms with E-state index in [1.54, 1.807) is 32.4 Å². The van der Waals surface area contributed by atoms with E-state index in [9.17, 15) is 4.79 Å². The zero-order valence-electron chi connectivity index (χ0n) is 6.53. The van der Waals surface area contributed by atoms with Crippen molar-refractivity contribution in [2.45, 2.75) is 0 Å². The zero-order valence-corrected chi connectivity index (χ0v) is 6.53. The smallest absolute Gasteiger partial charge is 0.253 e. The van der Waals surface area contributed by atoms with Crippen LogP contribution in [-0.4, -0.2) is 29.9 Å². The minimum absolute atomic E-state index is 0.0244. The van der Waals surface area contributed by atoms with E-state index in [4.69, 9.17) is 0 Å². The number of hydrogen-bond acceptors (Lipinski definition) is 2. The van der Waals surface area contributed by atoms with Gasteiger partial charge in [0, 0.05) is 25.9 Å². The van der Waals surface area contributed by atoms with E-state index in [2.05, 4.69) is 11.2 Å². The molecule has 1 aromatic heterocycles. The molecule has 1 aromatic rings. The Kier molecular flexibility index (Phi) is 2.21. The molecule has 0 saturated heterocycles. The van der Waals surface area contributed by atoms with Gasteiger partial charge in [-0.3, -0.25) is 9.78 Å². The standard InChI is InChI=1S/C8H9N2O/c1-10(2)8(11)7-3-5-9-6-4-7/h3-5H,1-2H3. The molecule has 1 heterocycles. The molecule has 57 valence electrons. The molecule has 0 bridgehead atoms. The Morgan fingerprint density at radius 2 is 2.36 bits per heavy atom. The van der Waals surface area contributed by atoms with E-state index in [0.29, 0.717) is 5.56 Å². The van der Waals surface area contributed by atoms with Gasteiger partial charge in [0.1, 0.15) is 0 Å². The second-order valence-corrected chi connectivity index (χ2v) is 2.37. The molecule has 1 rings (SSSR count). The number of aromatic nitrogens is 1. The SMILES string of the molecule is CN(C)C(=O)c1c[c]ncc1. The summed E-state index contributed by atoms with van der Waals surface area (Å²) >= 11 is 0. The average molecular weight is 149 g/mol. The van der Waals surface area contributed by atoms with Crippen LogP contribution in [0.3, 0.4) is 0 Å². The lowest BCUT2D eigenvalue weighted by Crippen LogP contribution is -2.21. The van der Waals surface area contributed by atoms with Gasteiger partial charge >= 0.3 is 0 Å². The molecule has 11 heavy (non-hydrogen) atoms. The first-order valence-electron chi connectivity index (χ1n) is 3.25. The lowest BCUT2D eigenvalue weighted by Gasteiger charge is -2.08. The van der Waals surface area contributed by atoms with Gasteiger partial charge in [0.25, 0.3) is 5.91 Å². The number of carbonyl (C=O) groups excluding carboxylic acids is 1. The molecule has 0 atom stereocenters. The highest BCUT2D eigenvalue weighted by atomic mass is 16.2. The topological polar surface area (TPSA) is 33.2 Å². The van der Waals surface area contributed by atoms with Gasteiger partial charge in [-0.15, -0.1) is 0 Å². The normalized spacial score (nSPS) is 9.27. The molecule has 1 radical (unpaired) electrons. The summed E-state index contributed by atoms with van der Waals surface area (Å²) in [6.07, 6.45) is 4.15. The summed E-state index contributed by atoms with van der Waals surface area (Å²) in [5.41, 5.74) is 0.616. The summed E-state index contributed by atoms with van der Waals surface area (Å²) in [5, 5.41) is 0. The molecule has 0 aliphatic heterocycles. The van der Waals surface area contributed by atoms with Crippen LogP contribution in [0.15, 0.2) is 18.3 Å². The van der Waals surface area contributed by atoms with Crippen molar-refractivity contribution in [3.63, 3.8) is 0 Å². The maximum Gasteiger partial charge on any atom is 0.253 e. The van der Waals surface area contributed by atoms with Gasteiger partial charge in [0.15, 0.2) is 0 Å². The number of amides is 1. The monoisotopic (exact) mass is 149 g/mol. The first kappa shape index (κ1) is 7.72. The van der Waals surface area contributed by atoms with Crippen molar-refractivity contribution in [1.29, 1.82) is 0 Å². The third-order valence-electron chi connectivity index (χ3n) is 1.28. The molecule has 0 aliphatic rings. The van der Waals surface area contributed by atoms with Gasteiger partial charge in [0.2, 0.25) is 0 Å². The Bertz CT molecular complexity index is 244. The fourth-order valence-corrected chi connectivity index (χ4v) is 0.707. The molecule has 3 nitrogen and oxygen atoms in total. The van der Waals surface area contributed by atoms with Crippen molar-refractivity contribution >= 4 is 5.91 Å². The van der Waals surface area contributed by atoms with E-state index in [1.165, 1.54) is 4.90 Å². The number of nitrogens with zero attached hydrogens (tertiary/aromatic N) is 2. The van der Waals surface area contributed by atoms with Crippen LogP contribution in [0.25, 0.3) is 0 Å². The lowest BCUT2D eigenvalue weighted by molar-refractivity contribution is 0.0827. The minimum atomic E-state index is -0.0244. The van der Waals surface area contributed by atoms with Crippen LogP contribution in [0.4, 0.5) is 0 Å². The van der Waals surface area contributed by atoms with Crippen molar-refractivity contribution in [3.05, 3.63) is 30.1 Å². The summed E-state index contributed by atoms with van der Waals surface area (Å²) in [6, 6.07) is 3.24. The van der Waals surface area contributed by atoms with Gasteiger partial charge in [-0.25, -0.2) is 0 Å². The van der Waals surface area contributed by atoms with E-state index < -0.39 is 0 Å². The highest BCUT2D eigenvalue weighted by molar-refractivity contribution is 5.93. The predicted molar refractivity (Wildman–Crippen MR) is 41.1 cm³/mol. The van der Waals surface area contributed by atoms with Crippen LogP contribution in [0.1, 0.15) is 10.4 Å². The van der Waals surface area contributed by atoms with Crippen molar-refractivity contribution in [1.82, 2.24) is 9.88 Å². The van der Waals surface area contributed by atoms with Gasteiger partial charge < -0.3 is 4.90 Å². The number of hydrogen-bond donors (Lipinski definition) is 0. The van der Waals surface area contributed by atoms with Crippen LogP contribution in [0.2, 0.25) is 0 Å². The van der Waals surface area contributed by atoms with E-state index >= 15 is 0 Å². The minimum Gasteiger partial charge on any atom is -0.345 e. The number of carbonyl (C=O) groups is 1. The van der Waals surface area contributed by atoms with E-state index in [-0.39, 0.29) is 5.91 Å². The fraction of sp³-hybridized carbons (Fsp3) is 0.250. The van der Waals surface area contributed by atoms with Gasteiger partial charge in [-0.1, -0.05) is 0 Å². The Hall–Kier alpha value is -1.38. The lowest BCUT2D eigenvalue weighted by atomic mass is 10.2. The molecular weight excluding hydrogens is 140 g/mol. The van der Waals surface area contributed by atoms with Crippen LogP contribution in [0, 0.1) is 6.20 Å². The summed E-state index contributed by atoms with van der Waals surface area (Å²) < 4.78 is 0. The summed E-state index contributed by atoms with van der Waals surface area (Å²) in [7, 11) is 3.42. The highest BCUT2D eigenvalue weighted by Gasteiger charge is 2.05. The first-order chi connectivity index (χ1) is 5.22. The Morgan fingerprint density at radius 1 is 1.64 bits per heavy atom. The third-order valence-corrected chi connectivity index (χ3v) is 1.28. The van der Waals surface area contributed by atoms with Crippen molar-refractivity contribution < 1.29 is 4.79 Å². The molecule has 0 fully saturated rings. The number of pyridine rings is 1. The maximum absolute atomic E-state index is 11.2. The highest BCUT2D eigenvalue weighted by Crippen LogP contribution is 1.98. The molecular formula is C8H9N2O. The predicted octanol–water partition coefficient (Wildman–Crippen LogP) is 0.584. The van der Waals surface area contributed by atoms with Crippen LogP contribution in [-0.2, 0) is 0 Å². The Labute approximate surface area is 65.7 Å². The fourth-order valence-electron chi connectivity index (χ4n) is 0.707. The molecule has 1 amide bonds. The Balaban J connectivity index is 2.86. The van der Waals surface area contributed by atoms with Gasteiger partial charge in [-0.05, 0) is 12.1 Å². The maximum atomic E-state index is 11.2. The molecule has 0 aliphatic carbocycles. The zero-order chi connectivity index (χ0) is 8.27. The second-order valence-electron chi connectivity index (χ2n) is 2.37. The van der Waals surface area contributed by atoms with Gasteiger partial charge in [0.05, 0.1) is 6.20 Å². The summed E-state index contributed by atoms with van der Waals surface area (Å²) in [5.74, 6) is -0.0244. The average Bonchev–Trinajstić information content (AvgIpc) is 2.05. The molecule has 0 unspecified atom stereocenters. The Morgan fingerprint density at radius 3 is 2.82 bits per heavy atom. The molecule has 0 N–H and O–H groups in total. The van der Waals surface area contributed by atoms with Crippen LogP contribution >= 0.6 is 0 Å². The van der Waals surface area contributed by atoms with Crippen molar-refractivity contribution in [2.24, 2.45) is 0 Å². The van der Waals surface area contributed by atoms with Crippen LogP contribution in [0.5, 0.6) is 0 Å². The summed E-state index contributed by atoms with van der Waals surface area (Å²) in [6.45, 7) is 0. The summed E-state index contributed by atoms with van der Waals surface area (Å²) in [4.78, 5) is 16.4. The second kappa shape index (κ2) is 3.14. The molecule has 0 saturated carbocycles. The van der Waals surface area contributed by atoms with Crippen molar-refractivity contribution in [2.75, 3.05) is 14.1 Å². The van der Waals surface area contributed by atoms with Gasteiger partial charge in [-0.2, -0.15) is 0 Å². The van der Waals surface area contributed by atoms with E-state index in [0.717, 1.165) is 0 Å². The number of rotatable bonds is 1.